The molecule has 2 saturated heterocycles. The second-order valence-electron chi connectivity index (χ2n) is 7.83. The second kappa shape index (κ2) is 11.7. The van der Waals surface area contributed by atoms with Crippen LogP contribution in [0.4, 0.5) is 0 Å². The van der Waals surface area contributed by atoms with Gasteiger partial charge in [-0.1, -0.05) is 0 Å². The molecule has 7 unspecified atom stereocenters. The summed E-state index contributed by atoms with van der Waals surface area (Å²) in [5, 5.41) is 38.6. The predicted molar refractivity (Wildman–Crippen MR) is 114 cm³/mol. The monoisotopic (exact) mass is 594 g/mol. The summed E-state index contributed by atoms with van der Waals surface area (Å²) in [6, 6.07) is -0.854. The molecule has 0 spiro atoms. The zero-order chi connectivity index (χ0) is 27.0. The van der Waals surface area contributed by atoms with Crippen LogP contribution in [0.1, 0.15) is 6.92 Å². The van der Waals surface area contributed by atoms with Crippen molar-refractivity contribution in [3.8, 4) is 0 Å². The highest BCUT2D eigenvalue weighted by atomic mass is 31.3. The lowest BCUT2D eigenvalue weighted by molar-refractivity contribution is -0.0165. The largest absolute Gasteiger partial charge is 0.479 e. The summed E-state index contributed by atoms with van der Waals surface area (Å²) in [6.07, 6.45) is -9.17. The van der Waals surface area contributed by atoms with Crippen LogP contribution >= 0.6 is 30.8 Å². The van der Waals surface area contributed by atoms with Crippen molar-refractivity contribution < 1.29 is 85.4 Å². The first kappa shape index (κ1) is 31.6. The Hall–Kier alpha value is 0.425. The first-order chi connectivity index (χ1) is 15.7. The molecule has 2 fully saturated rings. The molecule has 0 aromatic carbocycles. The summed E-state index contributed by atoms with van der Waals surface area (Å²) >= 11 is 0. The standard InChI is InChI=1S/C12H27BO18P4/c1-5-8(14)9(15)6(28-5)2-26-34(22,23)30-32(18,19)4-33(20,21)31-35(24,25)27-3-7-10(16)11(17)12(13)29-7/h5-12,14-17H,2-4,13H2,1H3,(H,18,19)(H,20,21)(H,22,23)(H,24,25)/t5-,6+,7+,8?,9-,10?,11?,12+/m0/s1. The molecule has 0 aliphatic carbocycles. The number of aliphatic hydroxyl groups excluding tert-OH is 4. The van der Waals surface area contributed by atoms with Crippen LogP contribution in [-0.4, -0.2) is 116 Å². The van der Waals surface area contributed by atoms with Crippen molar-refractivity contribution in [2.45, 2.75) is 55.7 Å². The molecule has 0 aromatic rings. The highest BCUT2D eigenvalue weighted by Gasteiger charge is 2.47. The van der Waals surface area contributed by atoms with Gasteiger partial charge in [-0.05, 0) is 6.92 Å². The van der Waals surface area contributed by atoms with E-state index in [9.17, 15) is 58.3 Å². The van der Waals surface area contributed by atoms with Gasteiger partial charge in [0.05, 0.1) is 25.3 Å². The van der Waals surface area contributed by atoms with Gasteiger partial charge in [0.1, 0.15) is 44.5 Å². The van der Waals surface area contributed by atoms with Crippen LogP contribution in [0.3, 0.4) is 0 Å². The van der Waals surface area contributed by atoms with Crippen molar-refractivity contribution in [2.24, 2.45) is 0 Å². The molecule has 2 rings (SSSR count). The molecule has 0 aromatic heterocycles. The molecule has 0 bridgehead atoms. The Bertz CT molecular complexity index is 861. The maximum absolute atomic E-state index is 12.1. The molecule has 2 heterocycles. The van der Waals surface area contributed by atoms with Gasteiger partial charge >= 0.3 is 30.8 Å². The molecule has 206 valence electrons. The van der Waals surface area contributed by atoms with Gasteiger partial charge in [0.15, 0.2) is 5.90 Å². The Morgan fingerprint density at radius 1 is 0.714 bits per heavy atom. The van der Waals surface area contributed by atoms with E-state index in [2.05, 4.69) is 17.7 Å². The summed E-state index contributed by atoms with van der Waals surface area (Å²) in [4.78, 5) is 38.6. The molecule has 0 radical (unpaired) electrons. The molecular weight excluding hydrogens is 567 g/mol. The van der Waals surface area contributed by atoms with E-state index in [0.29, 0.717) is 0 Å². The maximum Gasteiger partial charge on any atom is 0.479 e. The average molecular weight is 594 g/mol. The van der Waals surface area contributed by atoms with Gasteiger partial charge in [-0.25, -0.2) is 17.8 Å². The quantitative estimate of drug-likeness (QED) is 0.0835. The van der Waals surface area contributed by atoms with Crippen LogP contribution in [0.15, 0.2) is 0 Å². The van der Waals surface area contributed by atoms with Gasteiger partial charge in [-0.15, -0.1) is 0 Å². The van der Waals surface area contributed by atoms with Gasteiger partial charge in [0.25, 0.3) is 0 Å². The molecule has 8 N–H and O–H groups in total. The lowest BCUT2D eigenvalue weighted by Crippen LogP contribution is -2.34. The molecule has 0 saturated carbocycles. The van der Waals surface area contributed by atoms with Crippen molar-refractivity contribution >= 4 is 38.7 Å². The summed E-state index contributed by atoms with van der Waals surface area (Å²) < 4.78 is 75.0. The Morgan fingerprint density at radius 3 is 1.46 bits per heavy atom. The molecule has 2 aliphatic heterocycles. The van der Waals surface area contributed by atoms with Crippen LogP contribution in [0.2, 0.25) is 0 Å². The Morgan fingerprint density at radius 2 is 1.11 bits per heavy atom. The van der Waals surface area contributed by atoms with Crippen LogP contribution in [-0.2, 0) is 45.4 Å². The minimum absolute atomic E-state index is 0.854. The van der Waals surface area contributed by atoms with Crippen molar-refractivity contribution in [3.63, 3.8) is 0 Å². The minimum atomic E-state index is -5.50. The van der Waals surface area contributed by atoms with Crippen LogP contribution in [0.25, 0.3) is 0 Å². The van der Waals surface area contributed by atoms with Crippen molar-refractivity contribution in [1.29, 1.82) is 0 Å². The Labute approximate surface area is 199 Å². The zero-order valence-electron chi connectivity index (χ0n) is 18.2. The first-order valence-electron chi connectivity index (χ1n) is 9.78. The fourth-order valence-corrected chi connectivity index (χ4v) is 9.90. The predicted octanol–water partition coefficient (Wildman–Crippen LogP) is -2.83. The van der Waals surface area contributed by atoms with E-state index < -0.39 is 98.7 Å². The Balaban J connectivity index is 1.89. The van der Waals surface area contributed by atoms with Crippen molar-refractivity contribution in [1.82, 2.24) is 0 Å². The minimum Gasteiger partial charge on any atom is -0.388 e. The summed E-state index contributed by atoms with van der Waals surface area (Å²) in [5.41, 5.74) is 0. The molecule has 2 aliphatic rings. The van der Waals surface area contributed by atoms with Gasteiger partial charge in [0, 0.05) is 0 Å². The number of aliphatic hydroxyl groups is 4. The molecule has 12 atom stereocenters. The molecule has 0 amide bonds. The normalized spacial score (nSPS) is 40.5. The molecule has 18 nitrogen and oxygen atoms in total. The third-order valence-electron chi connectivity index (χ3n) is 4.83. The van der Waals surface area contributed by atoms with Gasteiger partial charge in [-0.3, -0.25) is 18.2 Å². The maximum atomic E-state index is 12.1. The van der Waals surface area contributed by atoms with Gasteiger partial charge in [0.2, 0.25) is 0 Å². The third kappa shape index (κ3) is 9.29. The number of rotatable bonds is 12. The van der Waals surface area contributed by atoms with E-state index >= 15 is 0 Å². The highest BCUT2D eigenvalue weighted by molar-refractivity contribution is 7.76. The first-order valence-corrected chi connectivity index (χ1v) is 16.3. The van der Waals surface area contributed by atoms with E-state index in [1.165, 1.54) is 14.8 Å². The molecule has 23 heteroatoms. The van der Waals surface area contributed by atoms with Gasteiger partial charge < -0.3 is 49.5 Å². The van der Waals surface area contributed by atoms with E-state index in [0.717, 1.165) is 0 Å². The second-order valence-corrected chi connectivity index (χ2v) is 15.2. The number of hydrogen-bond donors (Lipinski definition) is 8. The average Bonchev–Trinajstić information content (AvgIpc) is 3.06. The third-order valence-corrected chi connectivity index (χ3v) is 12.3. The van der Waals surface area contributed by atoms with Crippen molar-refractivity contribution in [3.05, 3.63) is 0 Å². The van der Waals surface area contributed by atoms with Crippen LogP contribution in [0, 0.1) is 0 Å². The summed E-state index contributed by atoms with van der Waals surface area (Å²) in [6.45, 7) is -0.378. The SMILES string of the molecule is B[C@@H]1O[C@H](COP(=O)(O)OP(=O)(O)CP(=O)(O)OP(=O)(O)OC[C@H]2O[C@@H](C)C(O)[C@H]2O)C(O)C1O. The topological polar surface area (TPSA) is 285 Å². The zero-order valence-corrected chi connectivity index (χ0v) is 21.8. The summed E-state index contributed by atoms with van der Waals surface area (Å²) in [5.74, 6) is -1.95. The van der Waals surface area contributed by atoms with E-state index in [4.69, 9.17) is 9.47 Å². The van der Waals surface area contributed by atoms with E-state index in [1.54, 1.807) is 0 Å². The lowest BCUT2D eigenvalue weighted by Gasteiger charge is -2.22. The summed E-state index contributed by atoms with van der Waals surface area (Å²) in [7, 11) is -20.5. The fourth-order valence-electron chi connectivity index (χ4n) is 3.13. The van der Waals surface area contributed by atoms with E-state index in [-0.39, 0.29) is 0 Å². The number of phosphoric acid groups is 2. The van der Waals surface area contributed by atoms with Gasteiger partial charge in [-0.2, -0.15) is 0 Å². The number of hydrogen-bond acceptors (Lipinski definition) is 14. The Kier molecular flexibility index (Phi) is 10.5. The highest BCUT2D eigenvalue weighted by Crippen LogP contribution is 2.70. The van der Waals surface area contributed by atoms with Crippen LogP contribution in [0.5, 0.6) is 0 Å². The van der Waals surface area contributed by atoms with Crippen molar-refractivity contribution in [2.75, 3.05) is 19.1 Å². The number of ether oxygens (including phenoxy) is 2. The molecule has 35 heavy (non-hydrogen) atoms. The fraction of sp³-hybridized carbons (Fsp3) is 1.00. The van der Waals surface area contributed by atoms with E-state index in [1.807, 2.05) is 0 Å². The number of phosphoric ester groups is 2. The van der Waals surface area contributed by atoms with Crippen LogP contribution < -0.4 is 0 Å². The lowest BCUT2D eigenvalue weighted by atomic mass is 9.93. The molecular formula is C12H27BO18P4. The smallest absolute Gasteiger partial charge is 0.388 e.